The van der Waals surface area contributed by atoms with Crippen LogP contribution < -0.4 is 10.6 Å². The summed E-state index contributed by atoms with van der Waals surface area (Å²) in [5.41, 5.74) is 1.68. The molecule has 2 N–H and O–H groups in total. The van der Waals surface area contributed by atoms with E-state index in [0.29, 0.717) is 22.2 Å². The van der Waals surface area contributed by atoms with Gasteiger partial charge in [-0.2, -0.15) is 0 Å². The van der Waals surface area contributed by atoms with Gasteiger partial charge in [-0.15, -0.1) is 10.2 Å². The number of aryl methyl sites for hydroxylation is 1. The highest BCUT2D eigenvalue weighted by molar-refractivity contribution is 6.33. The predicted molar refractivity (Wildman–Crippen MR) is 123 cm³/mol. The van der Waals surface area contributed by atoms with Crippen molar-refractivity contribution in [1.82, 2.24) is 14.8 Å². The molecule has 1 aliphatic heterocycles. The number of fused-ring (bicyclic) bond motifs is 1. The summed E-state index contributed by atoms with van der Waals surface area (Å²) in [5, 5.41) is 26.1. The largest absolute Gasteiger partial charge is 0.379 e. The van der Waals surface area contributed by atoms with E-state index in [4.69, 9.17) is 11.6 Å². The van der Waals surface area contributed by atoms with Gasteiger partial charge in [0.1, 0.15) is 11.5 Å². The van der Waals surface area contributed by atoms with Crippen LogP contribution in [0.25, 0.3) is 11.4 Å². The van der Waals surface area contributed by atoms with Crippen LogP contribution in [0.2, 0.25) is 5.02 Å². The van der Waals surface area contributed by atoms with Gasteiger partial charge >= 0.3 is 0 Å². The first-order valence-electron chi connectivity index (χ1n) is 10.5. The number of halogens is 1. The molecule has 10 heteroatoms. The monoisotopic (exact) mass is 454 g/mol. The summed E-state index contributed by atoms with van der Waals surface area (Å²) >= 11 is 6.44. The minimum atomic E-state index is -0.456. The van der Waals surface area contributed by atoms with E-state index in [0.717, 1.165) is 43.6 Å². The Morgan fingerprint density at radius 3 is 2.84 bits per heavy atom. The van der Waals surface area contributed by atoms with Gasteiger partial charge in [0.05, 0.1) is 9.95 Å². The lowest BCUT2D eigenvalue weighted by molar-refractivity contribution is -0.384. The molecule has 2 aromatic carbocycles. The van der Waals surface area contributed by atoms with Gasteiger partial charge in [-0.05, 0) is 37.1 Å². The molecule has 0 radical (unpaired) electrons. The summed E-state index contributed by atoms with van der Waals surface area (Å²) in [5.74, 6) is 1.45. The summed E-state index contributed by atoms with van der Waals surface area (Å²) in [4.78, 5) is 23.1. The Morgan fingerprint density at radius 1 is 1.16 bits per heavy atom. The zero-order valence-corrected chi connectivity index (χ0v) is 18.1. The first kappa shape index (κ1) is 21.8. The summed E-state index contributed by atoms with van der Waals surface area (Å²) in [6.07, 6.45) is 4.37. The van der Waals surface area contributed by atoms with Gasteiger partial charge in [0.25, 0.3) is 5.69 Å². The van der Waals surface area contributed by atoms with Crippen LogP contribution in [0.1, 0.15) is 31.5 Å². The van der Waals surface area contributed by atoms with Crippen molar-refractivity contribution < 1.29 is 9.72 Å². The smallest absolute Gasteiger partial charge is 0.292 e. The molecule has 0 bridgehead atoms. The number of rotatable bonds is 7. The van der Waals surface area contributed by atoms with Crippen molar-refractivity contribution in [2.45, 2.75) is 38.6 Å². The fourth-order valence-corrected chi connectivity index (χ4v) is 3.98. The number of carbonyl (C=O) groups is 1. The number of amides is 1. The molecule has 4 rings (SSSR count). The topological polar surface area (TPSA) is 115 Å². The number of benzene rings is 2. The molecule has 0 saturated carbocycles. The van der Waals surface area contributed by atoms with Gasteiger partial charge in [0.2, 0.25) is 5.91 Å². The summed E-state index contributed by atoms with van der Waals surface area (Å²) in [6.45, 7) is 1.11. The number of para-hydroxylation sites is 2. The number of hydrogen-bond acceptors (Lipinski definition) is 6. The molecule has 2 heterocycles. The highest BCUT2D eigenvalue weighted by Crippen LogP contribution is 2.31. The Morgan fingerprint density at radius 2 is 2.00 bits per heavy atom. The summed E-state index contributed by atoms with van der Waals surface area (Å²) in [7, 11) is 0. The van der Waals surface area contributed by atoms with E-state index in [1.54, 1.807) is 36.4 Å². The van der Waals surface area contributed by atoms with Gasteiger partial charge in [-0.25, -0.2) is 0 Å². The number of hydrogen-bond donors (Lipinski definition) is 2. The second kappa shape index (κ2) is 9.78. The number of nitro groups is 1. The van der Waals surface area contributed by atoms with Crippen LogP contribution in [0.4, 0.5) is 17.1 Å². The van der Waals surface area contributed by atoms with Gasteiger partial charge in [0.15, 0.2) is 5.82 Å². The highest BCUT2D eigenvalue weighted by atomic mass is 35.5. The average molecular weight is 455 g/mol. The van der Waals surface area contributed by atoms with E-state index >= 15 is 0 Å². The van der Waals surface area contributed by atoms with Crippen LogP contribution >= 0.6 is 11.6 Å². The zero-order chi connectivity index (χ0) is 22.5. The molecule has 0 atom stereocenters. The van der Waals surface area contributed by atoms with Crippen molar-refractivity contribution in [2.75, 3.05) is 17.2 Å². The van der Waals surface area contributed by atoms with E-state index in [1.165, 1.54) is 6.07 Å². The van der Waals surface area contributed by atoms with Crippen molar-refractivity contribution in [2.24, 2.45) is 0 Å². The van der Waals surface area contributed by atoms with Crippen molar-refractivity contribution in [1.29, 1.82) is 0 Å². The SMILES string of the molecule is O=C(CCNc1ccccc1[N+](=O)[O-])Nc1ccc(Cl)c(-c2nnc3n2CCCCC3)c1. The highest BCUT2D eigenvalue weighted by Gasteiger charge is 2.19. The van der Waals surface area contributed by atoms with Crippen LogP contribution in [-0.2, 0) is 17.8 Å². The van der Waals surface area contributed by atoms with Crippen LogP contribution in [0.5, 0.6) is 0 Å². The minimum Gasteiger partial charge on any atom is -0.379 e. The Labute approximate surface area is 190 Å². The quantitative estimate of drug-likeness (QED) is 0.396. The zero-order valence-electron chi connectivity index (χ0n) is 17.4. The summed E-state index contributed by atoms with van der Waals surface area (Å²) < 4.78 is 2.11. The number of anilines is 2. The third-order valence-electron chi connectivity index (χ3n) is 5.37. The molecule has 0 fully saturated rings. The standard InChI is InChI=1S/C22H23ClN6O3/c23-17-10-9-15(14-16(17)22-27-26-20-8-2-1-5-13-28(20)22)25-21(30)11-12-24-18-6-3-4-7-19(18)29(31)32/h3-4,6-7,9-10,14,24H,1-2,5,8,11-13H2,(H,25,30). The van der Waals surface area contributed by atoms with Crippen LogP contribution in [0.3, 0.4) is 0 Å². The van der Waals surface area contributed by atoms with Crippen molar-refractivity contribution in [3.63, 3.8) is 0 Å². The van der Waals surface area contributed by atoms with E-state index in [9.17, 15) is 14.9 Å². The molecule has 0 saturated heterocycles. The van der Waals surface area contributed by atoms with Gasteiger partial charge in [0, 0.05) is 43.2 Å². The Bertz CT molecular complexity index is 1150. The van der Waals surface area contributed by atoms with E-state index in [2.05, 4.69) is 25.4 Å². The second-order valence-corrected chi connectivity index (χ2v) is 8.00. The van der Waals surface area contributed by atoms with Crippen molar-refractivity contribution >= 4 is 34.6 Å². The lowest BCUT2D eigenvalue weighted by Gasteiger charge is -2.11. The summed E-state index contributed by atoms with van der Waals surface area (Å²) in [6, 6.07) is 11.6. The van der Waals surface area contributed by atoms with E-state index in [1.807, 2.05) is 0 Å². The molecular weight excluding hydrogens is 432 g/mol. The molecule has 0 aliphatic carbocycles. The van der Waals surface area contributed by atoms with Gasteiger partial charge < -0.3 is 15.2 Å². The number of carbonyl (C=O) groups excluding carboxylic acids is 1. The third-order valence-corrected chi connectivity index (χ3v) is 5.70. The van der Waals surface area contributed by atoms with Crippen molar-refractivity contribution in [3.8, 4) is 11.4 Å². The second-order valence-electron chi connectivity index (χ2n) is 7.60. The Balaban J connectivity index is 1.42. The first-order valence-corrected chi connectivity index (χ1v) is 10.9. The fourth-order valence-electron chi connectivity index (χ4n) is 3.78. The maximum atomic E-state index is 12.4. The van der Waals surface area contributed by atoms with Gasteiger partial charge in [-0.1, -0.05) is 30.2 Å². The molecule has 1 aliphatic rings. The minimum absolute atomic E-state index is 0.0253. The lowest BCUT2D eigenvalue weighted by atomic mass is 10.1. The molecular formula is C22H23ClN6O3. The normalized spacial score (nSPS) is 13.2. The molecule has 3 aromatic rings. The van der Waals surface area contributed by atoms with Crippen LogP contribution in [0.15, 0.2) is 42.5 Å². The number of nitro benzene ring substituents is 1. The van der Waals surface area contributed by atoms with Crippen LogP contribution in [-0.4, -0.2) is 32.1 Å². The molecule has 9 nitrogen and oxygen atoms in total. The maximum absolute atomic E-state index is 12.4. The average Bonchev–Trinajstić information content (AvgIpc) is 3.03. The maximum Gasteiger partial charge on any atom is 0.292 e. The number of aromatic nitrogens is 3. The number of nitrogens with one attached hydrogen (secondary N) is 2. The first-order chi connectivity index (χ1) is 15.5. The molecule has 0 spiro atoms. The Kier molecular flexibility index (Phi) is 6.65. The molecule has 1 aromatic heterocycles. The van der Waals surface area contributed by atoms with Crippen molar-refractivity contribution in [3.05, 3.63) is 63.4 Å². The molecule has 166 valence electrons. The fraction of sp³-hybridized carbons (Fsp3) is 0.318. The molecule has 32 heavy (non-hydrogen) atoms. The van der Waals surface area contributed by atoms with Gasteiger partial charge in [-0.3, -0.25) is 14.9 Å². The predicted octanol–water partition coefficient (Wildman–Crippen LogP) is 4.67. The van der Waals surface area contributed by atoms with Crippen LogP contribution in [0, 0.1) is 10.1 Å². The van der Waals surface area contributed by atoms with E-state index < -0.39 is 4.92 Å². The molecule has 1 amide bonds. The third kappa shape index (κ3) is 4.88. The number of nitrogens with zero attached hydrogens (tertiary/aromatic N) is 4. The Hall–Kier alpha value is -3.46. The van der Waals surface area contributed by atoms with E-state index in [-0.39, 0.29) is 24.6 Å². The lowest BCUT2D eigenvalue weighted by Crippen LogP contribution is -2.16. The molecule has 0 unspecified atom stereocenters.